The maximum Gasteiger partial charge on any atom is 0.154 e. The number of rotatable bonds is 8. The van der Waals surface area contributed by atoms with E-state index >= 15 is 0 Å². The minimum atomic E-state index is -3.07. The molecule has 0 spiro atoms. The van der Waals surface area contributed by atoms with Crippen LogP contribution in [0.5, 0.6) is 0 Å². The highest BCUT2D eigenvalue weighted by molar-refractivity contribution is 7.92. The van der Waals surface area contributed by atoms with Gasteiger partial charge in [-0.2, -0.15) is 0 Å². The Balaban J connectivity index is 2.96. The molecule has 2 atom stereocenters. The van der Waals surface area contributed by atoms with Gasteiger partial charge in [0.15, 0.2) is 9.84 Å². The summed E-state index contributed by atoms with van der Waals surface area (Å²) in [6.45, 7) is 10.8. The Morgan fingerprint density at radius 3 is 1.95 bits per heavy atom. The first kappa shape index (κ1) is 18.2. The molecule has 21 heavy (non-hydrogen) atoms. The fourth-order valence-electron chi connectivity index (χ4n) is 2.28. The number of hydrogen-bond acceptors (Lipinski definition) is 3. The molecule has 0 saturated carbocycles. The SMILES string of the molecule is CCNC(CS(=O)(=O)C(C)CC)c1ccc(C(C)C)cc1. The summed E-state index contributed by atoms with van der Waals surface area (Å²) in [7, 11) is -3.07. The Kier molecular flexibility index (Phi) is 6.88. The van der Waals surface area contributed by atoms with Crippen LogP contribution in [0, 0.1) is 0 Å². The fourth-order valence-corrected chi connectivity index (χ4v) is 3.89. The average Bonchev–Trinajstić information content (AvgIpc) is 2.45. The molecule has 0 fully saturated rings. The van der Waals surface area contributed by atoms with Gasteiger partial charge in [-0.15, -0.1) is 0 Å². The van der Waals surface area contributed by atoms with E-state index in [4.69, 9.17) is 0 Å². The van der Waals surface area contributed by atoms with Crippen molar-refractivity contribution in [3.63, 3.8) is 0 Å². The van der Waals surface area contributed by atoms with E-state index < -0.39 is 9.84 Å². The maximum absolute atomic E-state index is 12.4. The Hall–Kier alpha value is -0.870. The van der Waals surface area contributed by atoms with Crippen LogP contribution < -0.4 is 5.32 Å². The second-order valence-corrected chi connectivity index (χ2v) is 8.44. The largest absolute Gasteiger partial charge is 0.309 e. The molecule has 0 saturated heterocycles. The van der Waals surface area contributed by atoms with Crippen LogP contribution >= 0.6 is 0 Å². The summed E-state index contributed by atoms with van der Waals surface area (Å²) < 4.78 is 24.7. The van der Waals surface area contributed by atoms with Gasteiger partial charge in [0.2, 0.25) is 0 Å². The molecule has 3 nitrogen and oxygen atoms in total. The monoisotopic (exact) mass is 311 g/mol. The van der Waals surface area contributed by atoms with Gasteiger partial charge in [-0.05, 0) is 36.9 Å². The highest BCUT2D eigenvalue weighted by Gasteiger charge is 2.24. The number of nitrogens with one attached hydrogen (secondary N) is 1. The van der Waals surface area contributed by atoms with Crippen molar-refractivity contribution >= 4 is 9.84 Å². The first-order valence-electron chi connectivity index (χ1n) is 7.86. The van der Waals surface area contributed by atoms with E-state index in [1.165, 1.54) is 5.56 Å². The van der Waals surface area contributed by atoms with Crippen LogP contribution in [-0.2, 0) is 9.84 Å². The number of hydrogen-bond donors (Lipinski definition) is 1. The van der Waals surface area contributed by atoms with Crippen molar-refractivity contribution in [2.45, 2.75) is 58.2 Å². The lowest BCUT2D eigenvalue weighted by molar-refractivity contribution is 0.548. The molecule has 4 heteroatoms. The normalized spacial score (nSPS) is 15.1. The lowest BCUT2D eigenvalue weighted by Crippen LogP contribution is -2.32. The Morgan fingerprint density at radius 2 is 1.52 bits per heavy atom. The van der Waals surface area contributed by atoms with E-state index in [1.54, 1.807) is 6.92 Å². The topological polar surface area (TPSA) is 46.2 Å². The van der Waals surface area contributed by atoms with Gasteiger partial charge < -0.3 is 5.32 Å². The Morgan fingerprint density at radius 1 is 1.00 bits per heavy atom. The zero-order valence-electron chi connectivity index (χ0n) is 13.9. The van der Waals surface area contributed by atoms with Gasteiger partial charge in [0.05, 0.1) is 11.0 Å². The van der Waals surface area contributed by atoms with Crippen LogP contribution in [0.25, 0.3) is 0 Å². The number of sulfone groups is 1. The molecule has 1 aromatic rings. The summed E-state index contributed by atoms with van der Waals surface area (Å²) in [6.07, 6.45) is 0.660. The molecule has 120 valence electrons. The molecule has 1 aromatic carbocycles. The van der Waals surface area contributed by atoms with Crippen LogP contribution in [0.1, 0.15) is 64.1 Å². The van der Waals surface area contributed by atoms with Crippen molar-refractivity contribution in [3.05, 3.63) is 35.4 Å². The van der Waals surface area contributed by atoms with Crippen molar-refractivity contribution in [2.24, 2.45) is 0 Å². The molecule has 0 radical (unpaired) electrons. The Labute approximate surface area is 130 Å². The van der Waals surface area contributed by atoms with E-state index in [2.05, 4.69) is 43.4 Å². The van der Waals surface area contributed by atoms with Crippen LogP contribution in [0.4, 0.5) is 0 Å². The van der Waals surface area contributed by atoms with Crippen molar-refractivity contribution in [2.75, 3.05) is 12.3 Å². The van der Waals surface area contributed by atoms with Crippen LogP contribution in [0.2, 0.25) is 0 Å². The van der Waals surface area contributed by atoms with Gasteiger partial charge in [0, 0.05) is 6.04 Å². The van der Waals surface area contributed by atoms with Crippen LogP contribution in [-0.4, -0.2) is 26.0 Å². The summed E-state index contributed by atoms with van der Waals surface area (Å²) in [6, 6.07) is 8.17. The van der Waals surface area contributed by atoms with Gasteiger partial charge in [0.1, 0.15) is 0 Å². The molecule has 0 aliphatic heterocycles. The Bertz CT molecular complexity index is 520. The third-order valence-electron chi connectivity index (χ3n) is 4.04. The van der Waals surface area contributed by atoms with Crippen molar-refractivity contribution in [3.8, 4) is 0 Å². The van der Waals surface area contributed by atoms with Crippen molar-refractivity contribution < 1.29 is 8.42 Å². The average molecular weight is 311 g/mol. The molecule has 0 aliphatic rings. The smallest absolute Gasteiger partial charge is 0.154 e. The quantitative estimate of drug-likeness (QED) is 0.796. The van der Waals surface area contributed by atoms with E-state index in [0.717, 1.165) is 12.1 Å². The predicted octanol–water partition coefficient (Wildman–Crippen LogP) is 3.67. The van der Waals surface area contributed by atoms with Gasteiger partial charge >= 0.3 is 0 Å². The molecule has 1 rings (SSSR count). The van der Waals surface area contributed by atoms with E-state index in [-0.39, 0.29) is 17.0 Å². The minimum Gasteiger partial charge on any atom is -0.309 e. The minimum absolute atomic E-state index is 0.129. The molecule has 2 unspecified atom stereocenters. The van der Waals surface area contributed by atoms with Crippen molar-refractivity contribution in [1.29, 1.82) is 0 Å². The molecular weight excluding hydrogens is 282 g/mol. The van der Waals surface area contributed by atoms with Gasteiger partial charge in [-0.3, -0.25) is 0 Å². The van der Waals surface area contributed by atoms with E-state index in [0.29, 0.717) is 12.3 Å². The first-order chi connectivity index (χ1) is 9.81. The fraction of sp³-hybridized carbons (Fsp3) is 0.647. The summed E-state index contributed by atoms with van der Waals surface area (Å²) in [5, 5.41) is 3.02. The van der Waals surface area contributed by atoms with E-state index in [9.17, 15) is 8.42 Å². The lowest BCUT2D eigenvalue weighted by Gasteiger charge is -2.21. The lowest BCUT2D eigenvalue weighted by atomic mass is 9.99. The third kappa shape index (κ3) is 5.11. The highest BCUT2D eigenvalue weighted by Crippen LogP contribution is 2.21. The van der Waals surface area contributed by atoms with Gasteiger partial charge in [-0.25, -0.2) is 8.42 Å². The van der Waals surface area contributed by atoms with Gasteiger partial charge in [-0.1, -0.05) is 52.0 Å². The highest BCUT2D eigenvalue weighted by atomic mass is 32.2. The summed E-state index contributed by atoms with van der Waals surface area (Å²) in [5.74, 6) is 0.650. The zero-order chi connectivity index (χ0) is 16.0. The summed E-state index contributed by atoms with van der Waals surface area (Å²) >= 11 is 0. The first-order valence-corrected chi connectivity index (χ1v) is 9.58. The second-order valence-electron chi connectivity index (χ2n) is 5.98. The standard InChI is InChI=1S/C17H29NO2S/c1-6-14(5)21(19,20)12-17(18-7-2)16-10-8-15(9-11-16)13(3)4/h8-11,13-14,17-18H,6-7,12H2,1-5H3. The zero-order valence-corrected chi connectivity index (χ0v) is 14.7. The van der Waals surface area contributed by atoms with E-state index in [1.807, 2.05) is 13.8 Å². The second kappa shape index (κ2) is 7.95. The molecule has 0 amide bonds. The predicted molar refractivity (Wildman–Crippen MR) is 90.5 cm³/mol. The molecule has 0 aliphatic carbocycles. The summed E-state index contributed by atoms with van der Waals surface area (Å²) in [5.41, 5.74) is 2.33. The van der Waals surface area contributed by atoms with Crippen LogP contribution in [0.15, 0.2) is 24.3 Å². The molecular formula is C17H29NO2S. The third-order valence-corrected chi connectivity index (χ3v) is 6.40. The number of benzene rings is 1. The maximum atomic E-state index is 12.4. The molecule has 0 bridgehead atoms. The van der Waals surface area contributed by atoms with Crippen LogP contribution in [0.3, 0.4) is 0 Å². The summed E-state index contributed by atoms with van der Waals surface area (Å²) in [4.78, 5) is 0. The molecule has 0 aromatic heterocycles. The van der Waals surface area contributed by atoms with Gasteiger partial charge in [0.25, 0.3) is 0 Å². The van der Waals surface area contributed by atoms with Crippen molar-refractivity contribution in [1.82, 2.24) is 5.32 Å². The molecule has 0 heterocycles. The molecule has 1 N–H and O–H groups in total.